The minimum absolute atomic E-state index is 0.553. The summed E-state index contributed by atoms with van der Waals surface area (Å²) >= 11 is 3.24. The van der Waals surface area contributed by atoms with Gasteiger partial charge in [0.2, 0.25) is 0 Å². The summed E-state index contributed by atoms with van der Waals surface area (Å²) in [6, 6.07) is 0.553. The van der Waals surface area contributed by atoms with Crippen LogP contribution in [0.2, 0.25) is 0 Å². The number of unbranched alkanes of at least 4 members (excludes halogenated alkanes) is 2. The number of aromatic nitrogens is 3. The van der Waals surface area contributed by atoms with Crippen molar-refractivity contribution < 1.29 is 0 Å². The highest BCUT2D eigenvalue weighted by molar-refractivity contribution is 7.99. The first-order valence-corrected chi connectivity index (χ1v) is 9.90. The molecule has 0 amide bonds. The largest absolute Gasteiger partial charge is 0.382 e. The standard InChI is InChI=1S/C15H23N5S2/c1-2-3-6-9-21-14-18-12(16)11-13(19-14)20-15(22-11)17-10-7-4-5-8-10/h10H,2-9H2,1H3,(H3,16,17,18,19,20). The SMILES string of the molecule is CCCCCSc1nc(N)c2sc(NC3CCCC3)nc2n1. The number of thioether (sulfide) groups is 1. The van der Waals surface area contributed by atoms with Crippen molar-refractivity contribution in [1.29, 1.82) is 0 Å². The van der Waals surface area contributed by atoms with Crippen LogP contribution in [-0.4, -0.2) is 26.7 Å². The summed E-state index contributed by atoms with van der Waals surface area (Å²) in [5, 5.41) is 5.19. The highest BCUT2D eigenvalue weighted by Crippen LogP contribution is 2.32. The molecule has 1 aliphatic rings. The van der Waals surface area contributed by atoms with Gasteiger partial charge in [-0.2, -0.15) is 4.98 Å². The minimum atomic E-state index is 0.553. The van der Waals surface area contributed by atoms with Crippen LogP contribution in [0.1, 0.15) is 51.9 Å². The molecule has 2 heterocycles. The van der Waals surface area contributed by atoms with Crippen LogP contribution in [0, 0.1) is 0 Å². The number of hydrogen-bond donors (Lipinski definition) is 2. The van der Waals surface area contributed by atoms with E-state index in [2.05, 4.69) is 27.2 Å². The molecule has 22 heavy (non-hydrogen) atoms. The number of nitrogens with zero attached hydrogens (tertiary/aromatic N) is 3. The molecule has 7 heteroatoms. The van der Waals surface area contributed by atoms with Gasteiger partial charge in [0.25, 0.3) is 0 Å². The molecule has 0 radical (unpaired) electrons. The number of thiazole rings is 1. The Bertz CT molecular complexity index is 622. The smallest absolute Gasteiger partial charge is 0.191 e. The third-order valence-electron chi connectivity index (χ3n) is 3.92. The molecule has 3 N–H and O–H groups in total. The van der Waals surface area contributed by atoms with E-state index in [4.69, 9.17) is 5.73 Å². The highest BCUT2D eigenvalue weighted by atomic mass is 32.2. The predicted molar refractivity (Wildman–Crippen MR) is 95.8 cm³/mol. The first-order chi connectivity index (χ1) is 10.8. The van der Waals surface area contributed by atoms with Gasteiger partial charge in [-0.1, -0.05) is 55.7 Å². The summed E-state index contributed by atoms with van der Waals surface area (Å²) < 4.78 is 0.901. The Balaban J connectivity index is 1.71. The van der Waals surface area contributed by atoms with E-state index >= 15 is 0 Å². The molecule has 0 spiro atoms. The quantitative estimate of drug-likeness (QED) is 0.445. The van der Waals surface area contributed by atoms with Gasteiger partial charge in [-0.15, -0.1) is 0 Å². The summed E-state index contributed by atoms with van der Waals surface area (Å²) in [6.07, 6.45) is 8.74. The highest BCUT2D eigenvalue weighted by Gasteiger charge is 2.18. The summed E-state index contributed by atoms with van der Waals surface area (Å²) in [4.78, 5) is 13.6. The lowest BCUT2D eigenvalue weighted by atomic mass is 10.3. The van der Waals surface area contributed by atoms with Crippen molar-refractivity contribution in [3.05, 3.63) is 0 Å². The second-order valence-electron chi connectivity index (χ2n) is 5.74. The lowest BCUT2D eigenvalue weighted by Gasteiger charge is -2.08. The van der Waals surface area contributed by atoms with Gasteiger partial charge in [0.05, 0.1) is 0 Å². The van der Waals surface area contributed by atoms with E-state index < -0.39 is 0 Å². The maximum atomic E-state index is 6.09. The van der Waals surface area contributed by atoms with Gasteiger partial charge in [0, 0.05) is 11.8 Å². The number of nitrogens with two attached hydrogens (primary N) is 1. The van der Waals surface area contributed by atoms with Crippen LogP contribution in [0.25, 0.3) is 10.3 Å². The number of nitrogen functional groups attached to an aromatic ring is 1. The summed E-state index contributed by atoms with van der Waals surface area (Å²) in [6.45, 7) is 2.21. The van der Waals surface area contributed by atoms with Gasteiger partial charge in [-0.25, -0.2) is 9.97 Å². The van der Waals surface area contributed by atoms with Crippen molar-refractivity contribution >= 4 is 44.4 Å². The predicted octanol–water partition coefficient (Wildman–Crippen LogP) is 4.31. The number of fused-ring (bicyclic) bond motifs is 1. The Morgan fingerprint density at radius 1 is 1.23 bits per heavy atom. The molecule has 2 aromatic heterocycles. The summed E-state index contributed by atoms with van der Waals surface area (Å²) in [7, 11) is 0. The Kier molecular flexibility index (Phi) is 5.36. The van der Waals surface area contributed by atoms with Gasteiger partial charge in [0.1, 0.15) is 10.5 Å². The molecule has 1 fully saturated rings. The molecule has 0 aromatic carbocycles. The zero-order chi connectivity index (χ0) is 15.4. The molecule has 5 nitrogen and oxygen atoms in total. The molecule has 1 saturated carbocycles. The minimum Gasteiger partial charge on any atom is -0.382 e. The Morgan fingerprint density at radius 3 is 2.82 bits per heavy atom. The van der Waals surface area contributed by atoms with E-state index in [9.17, 15) is 0 Å². The van der Waals surface area contributed by atoms with Crippen molar-refractivity contribution in [1.82, 2.24) is 15.0 Å². The third-order valence-corrected chi connectivity index (χ3v) is 5.85. The van der Waals surface area contributed by atoms with Crippen LogP contribution in [0.4, 0.5) is 10.9 Å². The van der Waals surface area contributed by atoms with Crippen molar-refractivity contribution in [2.24, 2.45) is 0 Å². The molecule has 1 aliphatic carbocycles. The maximum Gasteiger partial charge on any atom is 0.191 e. The number of rotatable bonds is 7. The number of anilines is 2. The fraction of sp³-hybridized carbons (Fsp3) is 0.667. The summed E-state index contributed by atoms with van der Waals surface area (Å²) in [5.74, 6) is 1.59. The molecular formula is C15H23N5S2. The van der Waals surface area contributed by atoms with E-state index in [-0.39, 0.29) is 0 Å². The molecule has 0 atom stereocenters. The second kappa shape index (κ2) is 7.46. The average molecular weight is 338 g/mol. The summed E-state index contributed by atoms with van der Waals surface area (Å²) in [5.41, 5.74) is 6.82. The van der Waals surface area contributed by atoms with Crippen molar-refractivity contribution in [2.75, 3.05) is 16.8 Å². The topological polar surface area (TPSA) is 76.7 Å². The van der Waals surface area contributed by atoms with E-state index in [1.807, 2.05) is 0 Å². The molecular weight excluding hydrogens is 314 g/mol. The normalized spacial score (nSPS) is 15.7. The first-order valence-electron chi connectivity index (χ1n) is 8.09. The Morgan fingerprint density at radius 2 is 2.05 bits per heavy atom. The van der Waals surface area contributed by atoms with E-state index in [1.165, 1.54) is 44.9 Å². The molecule has 120 valence electrons. The molecule has 2 aromatic rings. The fourth-order valence-corrected chi connectivity index (χ4v) is 4.44. The van der Waals surface area contributed by atoms with Crippen LogP contribution in [0.3, 0.4) is 0 Å². The number of hydrogen-bond acceptors (Lipinski definition) is 7. The van der Waals surface area contributed by atoms with Gasteiger partial charge >= 0.3 is 0 Å². The van der Waals surface area contributed by atoms with Crippen LogP contribution in [0.5, 0.6) is 0 Å². The van der Waals surface area contributed by atoms with Crippen molar-refractivity contribution in [3.8, 4) is 0 Å². The second-order valence-corrected chi connectivity index (χ2v) is 7.81. The van der Waals surface area contributed by atoms with E-state index in [0.29, 0.717) is 11.9 Å². The van der Waals surface area contributed by atoms with E-state index in [0.717, 1.165) is 26.4 Å². The monoisotopic (exact) mass is 337 g/mol. The van der Waals surface area contributed by atoms with Crippen LogP contribution >= 0.6 is 23.1 Å². The molecule has 0 unspecified atom stereocenters. The van der Waals surface area contributed by atoms with Crippen LogP contribution in [0.15, 0.2) is 5.16 Å². The first kappa shape index (κ1) is 15.8. The fourth-order valence-electron chi connectivity index (χ4n) is 2.71. The van der Waals surface area contributed by atoms with E-state index in [1.54, 1.807) is 23.1 Å². The lowest BCUT2D eigenvalue weighted by Crippen LogP contribution is -2.13. The molecule has 0 bridgehead atoms. The Labute approximate surface area is 139 Å². The zero-order valence-corrected chi connectivity index (χ0v) is 14.6. The van der Waals surface area contributed by atoms with Gasteiger partial charge < -0.3 is 11.1 Å². The van der Waals surface area contributed by atoms with Gasteiger partial charge in [0.15, 0.2) is 15.9 Å². The van der Waals surface area contributed by atoms with Crippen LogP contribution < -0.4 is 11.1 Å². The average Bonchev–Trinajstić information content (AvgIpc) is 3.13. The van der Waals surface area contributed by atoms with Crippen molar-refractivity contribution in [2.45, 2.75) is 63.1 Å². The zero-order valence-electron chi connectivity index (χ0n) is 13.0. The molecule has 0 saturated heterocycles. The van der Waals surface area contributed by atoms with Crippen LogP contribution in [-0.2, 0) is 0 Å². The van der Waals surface area contributed by atoms with Gasteiger partial charge in [-0.05, 0) is 19.3 Å². The molecule has 3 rings (SSSR count). The Hall–Kier alpha value is -1.08. The molecule has 0 aliphatic heterocycles. The van der Waals surface area contributed by atoms with Crippen molar-refractivity contribution in [3.63, 3.8) is 0 Å². The maximum absolute atomic E-state index is 6.09. The van der Waals surface area contributed by atoms with Gasteiger partial charge in [-0.3, -0.25) is 0 Å². The third kappa shape index (κ3) is 3.81. The number of nitrogens with one attached hydrogen (secondary N) is 1. The lowest BCUT2D eigenvalue weighted by molar-refractivity contribution is 0.754.